The van der Waals surface area contributed by atoms with Crippen molar-refractivity contribution in [2.45, 2.75) is 52.9 Å². The molecule has 23 heavy (non-hydrogen) atoms. The molecular formula is C18H27NO4. The van der Waals surface area contributed by atoms with E-state index in [1.54, 1.807) is 20.8 Å². The minimum absolute atomic E-state index is 0.138. The van der Waals surface area contributed by atoms with E-state index in [1.807, 2.05) is 44.2 Å². The largest absolute Gasteiger partial charge is 0.461 e. The highest BCUT2D eigenvalue weighted by molar-refractivity contribution is 5.84. The Morgan fingerprint density at radius 3 is 2.13 bits per heavy atom. The van der Waals surface area contributed by atoms with Crippen LogP contribution in [0.5, 0.6) is 0 Å². The minimum atomic E-state index is -1.04. The number of nitrogens with two attached hydrogens (primary N) is 1. The molecule has 0 spiro atoms. The first-order valence-corrected chi connectivity index (χ1v) is 7.81. The highest BCUT2D eigenvalue weighted by Crippen LogP contribution is 2.20. The van der Waals surface area contributed by atoms with Gasteiger partial charge in [0.05, 0.1) is 5.92 Å². The van der Waals surface area contributed by atoms with E-state index >= 15 is 0 Å². The number of hydrogen-bond donors (Lipinski definition) is 1. The maximum Gasteiger partial charge on any atom is 0.324 e. The van der Waals surface area contributed by atoms with Gasteiger partial charge in [-0.3, -0.25) is 9.59 Å². The molecule has 0 saturated heterocycles. The second-order valence-corrected chi connectivity index (χ2v) is 6.92. The van der Waals surface area contributed by atoms with Crippen LogP contribution in [0, 0.1) is 11.8 Å². The van der Waals surface area contributed by atoms with Crippen LogP contribution in [0.1, 0.15) is 40.2 Å². The SMILES string of the molecule is CC(C)C(C(=O)OCc1ccccc1)C(N)C(=O)OC(C)(C)C. The molecule has 0 aromatic heterocycles. The molecule has 0 aliphatic heterocycles. The standard InChI is InChI=1S/C18H27NO4/c1-12(2)14(15(19)17(21)23-18(3,4)5)16(20)22-11-13-9-7-6-8-10-13/h6-10,12,14-15H,11,19H2,1-5H3. The zero-order chi connectivity index (χ0) is 17.6. The lowest BCUT2D eigenvalue weighted by molar-refractivity contribution is -0.165. The van der Waals surface area contributed by atoms with Gasteiger partial charge in [0.1, 0.15) is 18.2 Å². The minimum Gasteiger partial charge on any atom is -0.461 e. The quantitative estimate of drug-likeness (QED) is 0.815. The fraction of sp³-hybridized carbons (Fsp3) is 0.556. The molecule has 0 amide bonds. The zero-order valence-electron chi connectivity index (χ0n) is 14.5. The molecule has 1 aromatic carbocycles. The maximum atomic E-state index is 12.4. The van der Waals surface area contributed by atoms with Crippen LogP contribution in [0.4, 0.5) is 0 Å². The Hall–Kier alpha value is -1.88. The molecule has 5 nitrogen and oxygen atoms in total. The number of hydrogen-bond acceptors (Lipinski definition) is 5. The van der Waals surface area contributed by atoms with E-state index < -0.39 is 29.5 Å². The first kappa shape index (κ1) is 19.2. The molecular weight excluding hydrogens is 294 g/mol. The van der Waals surface area contributed by atoms with Crippen molar-refractivity contribution in [3.05, 3.63) is 35.9 Å². The van der Waals surface area contributed by atoms with Gasteiger partial charge in [-0.2, -0.15) is 0 Å². The van der Waals surface area contributed by atoms with E-state index in [-0.39, 0.29) is 12.5 Å². The number of carbonyl (C=O) groups excluding carboxylic acids is 2. The second-order valence-electron chi connectivity index (χ2n) is 6.92. The summed E-state index contributed by atoms with van der Waals surface area (Å²) in [5.74, 6) is -1.95. The lowest BCUT2D eigenvalue weighted by atomic mass is 9.89. The molecule has 0 bridgehead atoms. The summed E-state index contributed by atoms with van der Waals surface area (Å²) in [6, 6.07) is 8.32. The molecule has 128 valence electrons. The Morgan fingerprint density at radius 2 is 1.65 bits per heavy atom. The second kappa shape index (κ2) is 8.11. The number of esters is 2. The summed E-state index contributed by atoms with van der Waals surface area (Å²) in [7, 11) is 0. The van der Waals surface area contributed by atoms with E-state index in [4.69, 9.17) is 15.2 Å². The third-order valence-electron chi connectivity index (χ3n) is 3.28. The summed E-state index contributed by atoms with van der Waals surface area (Å²) < 4.78 is 10.6. The molecule has 0 fully saturated rings. The molecule has 2 atom stereocenters. The molecule has 0 aliphatic rings. The summed E-state index contributed by atoms with van der Waals surface area (Å²) in [6.45, 7) is 9.10. The molecule has 0 heterocycles. The van der Waals surface area contributed by atoms with Crippen LogP contribution < -0.4 is 5.73 Å². The predicted octanol–water partition coefficient (Wildman–Crippen LogP) is 2.67. The van der Waals surface area contributed by atoms with Crippen LogP contribution in [0.25, 0.3) is 0 Å². The van der Waals surface area contributed by atoms with Gasteiger partial charge in [0, 0.05) is 0 Å². The Kier molecular flexibility index (Phi) is 6.76. The van der Waals surface area contributed by atoms with Crippen LogP contribution in [0.3, 0.4) is 0 Å². The smallest absolute Gasteiger partial charge is 0.324 e. The highest BCUT2D eigenvalue weighted by Gasteiger charge is 2.37. The van der Waals surface area contributed by atoms with Crippen molar-refractivity contribution in [2.24, 2.45) is 17.6 Å². The van der Waals surface area contributed by atoms with Crippen LogP contribution in [-0.4, -0.2) is 23.6 Å². The van der Waals surface area contributed by atoms with Gasteiger partial charge in [0.15, 0.2) is 0 Å². The molecule has 0 radical (unpaired) electrons. The van der Waals surface area contributed by atoms with E-state index in [0.717, 1.165) is 5.56 Å². The average molecular weight is 321 g/mol. The number of carbonyl (C=O) groups is 2. The van der Waals surface area contributed by atoms with Crippen molar-refractivity contribution in [3.8, 4) is 0 Å². The van der Waals surface area contributed by atoms with Gasteiger partial charge in [-0.15, -0.1) is 0 Å². The number of benzene rings is 1. The van der Waals surface area contributed by atoms with Crippen molar-refractivity contribution < 1.29 is 19.1 Å². The normalized spacial score (nSPS) is 14.2. The maximum absolute atomic E-state index is 12.4. The zero-order valence-corrected chi connectivity index (χ0v) is 14.5. The Bertz CT molecular complexity index is 520. The number of rotatable bonds is 6. The van der Waals surface area contributed by atoms with E-state index in [2.05, 4.69) is 0 Å². The van der Waals surface area contributed by atoms with E-state index in [9.17, 15) is 9.59 Å². The Morgan fingerprint density at radius 1 is 1.09 bits per heavy atom. The third kappa shape index (κ3) is 6.40. The summed E-state index contributed by atoms with van der Waals surface area (Å²) in [6.07, 6.45) is 0. The third-order valence-corrected chi connectivity index (χ3v) is 3.28. The summed E-state index contributed by atoms with van der Waals surface area (Å²) in [5, 5.41) is 0. The topological polar surface area (TPSA) is 78.6 Å². The van der Waals surface area contributed by atoms with Crippen LogP contribution in [0.15, 0.2) is 30.3 Å². The van der Waals surface area contributed by atoms with Gasteiger partial charge in [-0.25, -0.2) is 0 Å². The van der Waals surface area contributed by atoms with Gasteiger partial charge in [0.2, 0.25) is 0 Å². The molecule has 2 N–H and O–H groups in total. The van der Waals surface area contributed by atoms with Crippen LogP contribution in [-0.2, 0) is 25.7 Å². The van der Waals surface area contributed by atoms with E-state index in [0.29, 0.717) is 0 Å². The van der Waals surface area contributed by atoms with Crippen LogP contribution >= 0.6 is 0 Å². The fourth-order valence-corrected chi connectivity index (χ4v) is 2.17. The lowest BCUT2D eigenvalue weighted by Crippen LogP contribution is -2.47. The van der Waals surface area contributed by atoms with E-state index in [1.165, 1.54) is 0 Å². The first-order chi connectivity index (χ1) is 10.6. The van der Waals surface area contributed by atoms with Gasteiger partial charge in [0.25, 0.3) is 0 Å². The molecule has 5 heteroatoms. The Labute approximate surface area is 138 Å². The molecule has 0 saturated carbocycles. The predicted molar refractivity (Wildman–Crippen MR) is 88.4 cm³/mol. The van der Waals surface area contributed by atoms with Crippen molar-refractivity contribution >= 4 is 11.9 Å². The van der Waals surface area contributed by atoms with Gasteiger partial charge < -0.3 is 15.2 Å². The number of ether oxygens (including phenoxy) is 2. The first-order valence-electron chi connectivity index (χ1n) is 7.81. The fourth-order valence-electron chi connectivity index (χ4n) is 2.17. The summed E-state index contributed by atoms with van der Waals surface area (Å²) in [5.41, 5.74) is 6.20. The van der Waals surface area contributed by atoms with Crippen molar-refractivity contribution in [1.82, 2.24) is 0 Å². The van der Waals surface area contributed by atoms with Crippen LogP contribution in [0.2, 0.25) is 0 Å². The molecule has 1 aromatic rings. The highest BCUT2D eigenvalue weighted by atomic mass is 16.6. The van der Waals surface area contributed by atoms with Crippen molar-refractivity contribution in [1.29, 1.82) is 0 Å². The van der Waals surface area contributed by atoms with Crippen molar-refractivity contribution in [2.75, 3.05) is 0 Å². The molecule has 0 aliphatic carbocycles. The monoisotopic (exact) mass is 321 g/mol. The van der Waals surface area contributed by atoms with Gasteiger partial charge in [-0.05, 0) is 32.3 Å². The molecule has 2 unspecified atom stereocenters. The summed E-state index contributed by atoms with van der Waals surface area (Å²) in [4.78, 5) is 24.5. The van der Waals surface area contributed by atoms with Gasteiger partial charge >= 0.3 is 11.9 Å². The lowest BCUT2D eigenvalue weighted by Gasteiger charge is -2.27. The average Bonchev–Trinajstić information content (AvgIpc) is 2.44. The summed E-state index contributed by atoms with van der Waals surface area (Å²) >= 11 is 0. The Balaban J connectivity index is 2.72. The molecule has 1 rings (SSSR count). The van der Waals surface area contributed by atoms with Crippen molar-refractivity contribution in [3.63, 3.8) is 0 Å². The van der Waals surface area contributed by atoms with Gasteiger partial charge in [-0.1, -0.05) is 44.2 Å².